The molecule has 0 bridgehead atoms. The average Bonchev–Trinajstić information content (AvgIpc) is 2.37. The van der Waals surface area contributed by atoms with E-state index in [9.17, 15) is 4.79 Å². The quantitative estimate of drug-likeness (QED) is 0.591. The predicted molar refractivity (Wildman–Crippen MR) is 85.9 cm³/mol. The molecule has 0 fully saturated rings. The van der Waals surface area contributed by atoms with Crippen molar-refractivity contribution in [3.63, 3.8) is 0 Å². The molecule has 1 amide bonds. The Balaban J connectivity index is 2.40. The van der Waals surface area contributed by atoms with E-state index in [4.69, 9.17) is 10.5 Å². The summed E-state index contributed by atoms with van der Waals surface area (Å²) in [5, 5.41) is 2.89. The van der Waals surface area contributed by atoms with Crippen LogP contribution in [0, 0.1) is 12.8 Å². The minimum atomic E-state index is -0.0978. The molecule has 1 aromatic carbocycles. The van der Waals surface area contributed by atoms with E-state index in [1.54, 1.807) is 12.1 Å². The fourth-order valence-corrected chi connectivity index (χ4v) is 2.20. The number of halogens is 1. The van der Waals surface area contributed by atoms with Crippen molar-refractivity contribution in [3.8, 4) is 0 Å². The number of nitrogens with one attached hydrogen (secondary N) is 1. The summed E-state index contributed by atoms with van der Waals surface area (Å²) in [5.41, 5.74) is 7.89. The van der Waals surface area contributed by atoms with Gasteiger partial charge in [0.2, 0.25) is 0 Å². The minimum Gasteiger partial charge on any atom is -0.398 e. The number of amides is 1. The van der Waals surface area contributed by atoms with Crippen LogP contribution in [-0.2, 0) is 4.74 Å². The number of carbonyl (C=O) groups excluding carboxylic acids is 1. The number of anilines is 1. The second-order valence-electron chi connectivity index (χ2n) is 5.25. The summed E-state index contributed by atoms with van der Waals surface area (Å²) in [6, 6.07) is 3.59. The summed E-state index contributed by atoms with van der Waals surface area (Å²) in [7, 11) is 0. The van der Waals surface area contributed by atoms with Crippen LogP contribution in [0.3, 0.4) is 0 Å². The first kappa shape index (κ1) is 17.0. The highest BCUT2D eigenvalue weighted by molar-refractivity contribution is 9.10. The normalized spacial score (nSPS) is 10.8. The van der Waals surface area contributed by atoms with Crippen LogP contribution in [0.4, 0.5) is 5.69 Å². The summed E-state index contributed by atoms with van der Waals surface area (Å²) >= 11 is 3.35. The Labute approximate surface area is 129 Å². The van der Waals surface area contributed by atoms with E-state index in [1.165, 1.54) is 0 Å². The van der Waals surface area contributed by atoms with Gasteiger partial charge < -0.3 is 15.8 Å². The van der Waals surface area contributed by atoms with Crippen molar-refractivity contribution in [2.24, 2.45) is 5.92 Å². The molecule has 0 heterocycles. The van der Waals surface area contributed by atoms with Crippen LogP contribution in [0.15, 0.2) is 16.6 Å². The van der Waals surface area contributed by atoms with Crippen LogP contribution in [0.25, 0.3) is 0 Å². The van der Waals surface area contributed by atoms with Gasteiger partial charge >= 0.3 is 0 Å². The number of hydrogen-bond donors (Lipinski definition) is 2. The Bertz CT molecular complexity index is 461. The molecule has 0 aromatic heterocycles. The standard InChI is InChI=1S/C15H23BrN2O2/c1-10(2)9-20-6-4-5-18-15(19)13-7-12(16)8-14(17)11(13)3/h7-8,10H,4-6,9,17H2,1-3H3,(H,18,19). The van der Waals surface area contributed by atoms with Gasteiger partial charge in [0, 0.05) is 35.5 Å². The highest BCUT2D eigenvalue weighted by Crippen LogP contribution is 2.22. The summed E-state index contributed by atoms with van der Waals surface area (Å²) in [6.07, 6.45) is 0.807. The van der Waals surface area contributed by atoms with Crippen LogP contribution < -0.4 is 11.1 Å². The second-order valence-corrected chi connectivity index (χ2v) is 6.16. The molecule has 0 saturated heterocycles. The lowest BCUT2D eigenvalue weighted by Gasteiger charge is -2.11. The maximum absolute atomic E-state index is 12.1. The number of rotatable bonds is 7. The second kappa shape index (κ2) is 8.27. The fraction of sp³-hybridized carbons (Fsp3) is 0.533. The summed E-state index contributed by atoms with van der Waals surface area (Å²) < 4.78 is 6.28. The highest BCUT2D eigenvalue weighted by Gasteiger charge is 2.11. The van der Waals surface area contributed by atoms with Gasteiger partial charge in [0.1, 0.15) is 0 Å². The van der Waals surface area contributed by atoms with E-state index in [2.05, 4.69) is 35.1 Å². The molecule has 0 atom stereocenters. The molecule has 3 N–H and O–H groups in total. The molecular formula is C15H23BrN2O2. The SMILES string of the molecule is Cc1c(N)cc(Br)cc1C(=O)NCCCOCC(C)C. The van der Waals surface area contributed by atoms with Crippen molar-refractivity contribution in [2.45, 2.75) is 27.2 Å². The van der Waals surface area contributed by atoms with Gasteiger partial charge in [-0.15, -0.1) is 0 Å². The van der Waals surface area contributed by atoms with E-state index >= 15 is 0 Å². The summed E-state index contributed by atoms with van der Waals surface area (Å²) in [5.74, 6) is 0.441. The third-order valence-corrected chi connectivity index (χ3v) is 3.32. The number of nitrogen functional groups attached to an aromatic ring is 1. The zero-order chi connectivity index (χ0) is 15.1. The van der Waals surface area contributed by atoms with E-state index < -0.39 is 0 Å². The number of nitrogens with two attached hydrogens (primary N) is 1. The molecule has 0 aliphatic heterocycles. The van der Waals surface area contributed by atoms with E-state index in [0.717, 1.165) is 23.1 Å². The Morgan fingerprint density at radius 2 is 2.15 bits per heavy atom. The first-order chi connectivity index (χ1) is 9.41. The molecule has 20 heavy (non-hydrogen) atoms. The molecule has 4 nitrogen and oxygen atoms in total. The van der Waals surface area contributed by atoms with Gasteiger partial charge in [-0.1, -0.05) is 29.8 Å². The van der Waals surface area contributed by atoms with Crippen molar-refractivity contribution in [2.75, 3.05) is 25.5 Å². The van der Waals surface area contributed by atoms with Crippen LogP contribution in [-0.4, -0.2) is 25.7 Å². The van der Waals surface area contributed by atoms with Crippen LogP contribution in [0.2, 0.25) is 0 Å². The highest BCUT2D eigenvalue weighted by atomic mass is 79.9. The lowest BCUT2D eigenvalue weighted by Crippen LogP contribution is -2.26. The average molecular weight is 343 g/mol. The zero-order valence-corrected chi connectivity index (χ0v) is 13.9. The molecule has 1 rings (SSSR count). The van der Waals surface area contributed by atoms with Crippen molar-refractivity contribution >= 4 is 27.5 Å². The molecule has 0 saturated carbocycles. The third-order valence-electron chi connectivity index (χ3n) is 2.86. The molecule has 0 radical (unpaired) electrons. The van der Waals surface area contributed by atoms with Gasteiger partial charge in [-0.2, -0.15) is 0 Å². The first-order valence-corrected chi connectivity index (χ1v) is 7.62. The molecule has 0 aliphatic carbocycles. The Kier molecular flexibility index (Phi) is 7.02. The van der Waals surface area contributed by atoms with Crippen molar-refractivity contribution < 1.29 is 9.53 Å². The van der Waals surface area contributed by atoms with Crippen molar-refractivity contribution in [1.29, 1.82) is 0 Å². The Hall–Kier alpha value is -1.07. The van der Waals surface area contributed by atoms with Gasteiger partial charge in [0.25, 0.3) is 5.91 Å². The number of hydrogen-bond acceptors (Lipinski definition) is 3. The number of carbonyl (C=O) groups is 1. The minimum absolute atomic E-state index is 0.0978. The van der Waals surface area contributed by atoms with Crippen molar-refractivity contribution in [1.82, 2.24) is 5.32 Å². The van der Waals surface area contributed by atoms with E-state index in [-0.39, 0.29) is 5.91 Å². The molecule has 0 aliphatic rings. The smallest absolute Gasteiger partial charge is 0.251 e. The van der Waals surface area contributed by atoms with E-state index in [0.29, 0.717) is 30.3 Å². The van der Waals surface area contributed by atoms with Gasteiger partial charge in [0.15, 0.2) is 0 Å². The molecule has 5 heteroatoms. The van der Waals surface area contributed by atoms with E-state index in [1.807, 2.05) is 6.92 Å². The maximum Gasteiger partial charge on any atom is 0.251 e. The molecule has 1 aromatic rings. The van der Waals surface area contributed by atoms with Gasteiger partial charge in [-0.3, -0.25) is 4.79 Å². The fourth-order valence-electron chi connectivity index (χ4n) is 1.73. The lowest BCUT2D eigenvalue weighted by atomic mass is 10.1. The summed E-state index contributed by atoms with van der Waals surface area (Å²) in [6.45, 7) is 8.10. The Morgan fingerprint density at radius 3 is 2.80 bits per heavy atom. The topological polar surface area (TPSA) is 64.4 Å². The molecule has 112 valence electrons. The van der Waals surface area contributed by atoms with Gasteiger partial charge in [-0.05, 0) is 37.0 Å². The number of benzene rings is 1. The van der Waals surface area contributed by atoms with Crippen LogP contribution >= 0.6 is 15.9 Å². The largest absolute Gasteiger partial charge is 0.398 e. The summed E-state index contributed by atoms with van der Waals surface area (Å²) in [4.78, 5) is 12.1. The number of ether oxygens (including phenoxy) is 1. The molecular weight excluding hydrogens is 320 g/mol. The predicted octanol–water partition coefficient (Wildman–Crippen LogP) is 3.13. The van der Waals surface area contributed by atoms with Gasteiger partial charge in [-0.25, -0.2) is 0 Å². The van der Waals surface area contributed by atoms with Crippen LogP contribution in [0.5, 0.6) is 0 Å². The lowest BCUT2D eigenvalue weighted by molar-refractivity contribution is 0.0924. The zero-order valence-electron chi connectivity index (χ0n) is 12.3. The first-order valence-electron chi connectivity index (χ1n) is 6.83. The van der Waals surface area contributed by atoms with Crippen LogP contribution in [0.1, 0.15) is 36.2 Å². The van der Waals surface area contributed by atoms with Gasteiger partial charge in [0.05, 0.1) is 0 Å². The maximum atomic E-state index is 12.1. The Morgan fingerprint density at radius 1 is 1.45 bits per heavy atom. The van der Waals surface area contributed by atoms with Crippen molar-refractivity contribution in [3.05, 3.63) is 27.7 Å². The molecule has 0 unspecified atom stereocenters. The third kappa shape index (κ3) is 5.51. The monoisotopic (exact) mass is 342 g/mol. The molecule has 0 spiro atoms.